The van der Waals surface area contributed by atoms with Crippen molar-refractivity contribution >= 4 is 17.6 Å². The molecule has 0 saturated carbocycles. The van der Waals surface area contributed by atoms with E-state index in [4.69, 9.17) is 0 Å². The van der Waals surface area contributed by atoms with Crippen LogP contribution < -0.4 is 4.90 Å². The molecule has 1 fully saturated rings. The smallest absolute Gasteiger partial charge is 0.310 e. The van der Waals surface area contributed by atoms with Crippen molar-refractivity contribution in [3.63, 3.8) is 0 Å². The van der Waals surface area contributed by atoms with Gasteiger partial charge in [0.2, 0.25) is 0 Å². The van der Waals surface area contributed by atoms with Crippen LogP contribution in [0.3, 0.4) is 0 Å². The summed E-state index contributed by atoms with van der Waals surface area (Å²) in [6.07, 6.45) is 1.78. The molecule has 1 saturated heterocycles. The van der Waals surface area contributed by atoms with Gasteiger partial charge in [-0.1, -0.05) is 32.0 Å². The van der Waals surface area contributed by atoms with E-state index in [1.165, 1.54) is 23.7 Å². The maximum Gasteiger partial charge on any atom is 0.310 e. The van der Waals surface area contributed by atoms with Crippen molar-refractivity contribution in [3.05, 3.63) is 59.4 Å². The Morgan fingerprint density at radius 3 is 2.43 bits per heavy atom. The van der Waals surface area contributed by atoms with E-state index in [-0.39, 0.29) is 41.3 Å². The monoisotopic (exact) mass is 483 g/mol. The van der Waals surface area contributed by atoms with Crippen LogP contribution in [0, 0.1) is 23.0 Å². The van der Waals surface area contributed by atoms with Gasteiger partial charge in [-0.05, 0) is 30.9 Å². The lowest BCUT2D eigenvalue weighted by atomic mass is 9.70. The molecule has 1 aliphatic rings. The zero-order valence-electron chi connectivity index (χ0n) is 19.8. The van der Waals surface area contributed by atoms with E-state index < -0.39 is 23.0 Å². The topological polar surface area (TPSA) is 101 Å². The molecule has 0 bridgehead atoms. The van der Waals surface area contributed by atoms with Crippen LogP contribution in [0.15, 0.2) is 36.5 Å². The van der Waals surface area contributed by atoms with Crippen molar-refractivity contribution in [2.75, 3.05) is 18.0 Å². The average Bonchev–Trinajstić information content (AvgIpc) is 3.25. The van der Waals surface area contributed by atoms with Crippen LogP contribution in [0.2, 0.25) is 0 Å². The molecule has 1 N–H and O–H groups in total. The van der Waals surface area contributed by atoms with Gasteiger partial charge in [0.25, 0.3) is 0 Å². The predicted octanol–water partition coefficient (Wildman–Crippen LogP) is 4.20. The van der Waals surface area contributed by atoms with Gasteiger partial charge in [0.1, 0.15) is 17.2 Å². The first-order chi connectivity index (χ1) is 16.6. The Morgan fingerprint density at radius 1 is 1.14 bits per heavy atom. The predicted molar refractivity (Wildman–Crippen MR) is 125 cm³/mol. The number of carboxylic acids is 1. The van der Waals surface area contributed by atoms with E-state index in [2.05, 4.69) is 15.1 Å². The molecule has 1 aromatic carbocycles. The SMILES string of the molecule is CC(=O)c1cc(-c2ncc(F)c(N3CCC(C(=O)O)(C(C)C)CC3)n2)nn1Cc1ccccc1F. The van der Waals surface area contributed by atoms with Crippen LogP contribution in [0.1, 0.15) is 49.7 Å². The lowest BCUT2D eigenvalue weighted by Crippen LogP contribution is -2.47. The third kappa shape index (κ3) is 4.65. The molecule has 35 heavy (non-hydrogen) atoms. The Balaban J connectivity index is 1.63. The maximum absolute atomic E-state index is 14.7. The Morgan fingerprint density at radius 2 is 1.83 bits per heavy atom. The van der Waals surface area contributed by atoms with E-state index in [9.17, 15) is 23.5 Å². The summed E-state index contributed by atoms with van der Waals surface area (Å²) in [4.78, 5) is 34.3. The molecule has 3 heterocycles. The number of halogens is 2. The van der Waals surface area contributed by atoms with Gasteiger partial charge in [0.05, 0.1) is 18.2 Å². The molecule has 184 valence electrons. The number of hydrogen-bond donors (Lipinski definition) is 1. The van der Waals surface area contributed by atoms with Crippen molar-refractivity contribution in [2.24, 2.45) is 11.3 Å². The summed E-state index contributed by atoms with van der Waals surface area (Å²) in [5.41, 5.74) is 0.0153. The summed E-state index contributed by atoms with van der Waals surface area (Å²) >= 11 is 0. The van der Waals surface area contributed by atoms with Crippen LogP contribution in [-0.2, 0) is 11.3 Å². The number of piperidine rings is 1. The first-order valence-electron chi connectivity index (χ1n) is 11.5. The van der Waals surface area contributed by atoms with Crippen molar-refractivity contribution in [1.82, 2.24) is 19.7 Å². The highest BCUT2D eigenvalue weighted by molar-refractivity contribution is 5.93. The average molecular weight is 484 g/mol. The molecule has 1 aliphatic heterocycles. The third-order valence-electron chi connectivity index (χ3n) is 6.86. The molecule has 0 atom stereocenters. The van der Waals surface area contributed by atoms with Gasteiger partial charge in [0.15, 0.2) is 23.2 Å². The number of hydrogen-bond acceptors (Lipinski definition) is 6. The summed E-state index contributed by atoms with van der Waals surface area (Å²) in [5, 5.41) is 14.2. The van der Waals surface area contributed by atoms with Crippen LogP contribution in [0.5, 0.6) is 0 Å². The Kier molecular flexibility index (Phi) is 6.64. The Bertz CT molecular complexity index is 1270. The summed E-state index contributed by atoms with van der Waals surface area (Å²) in [5.74, 6) is -2.02. The van der Waals surface area contributed by atoms with E-state index in [0.29, 0.717) is 31.5 Å². The quantitative estimate of drug-likeness (QED) is 0.503. The molecule has 0 radical (unpaired) electrons. The normalized spacial score (nSPS) is 15.4. The highest BCUT2D eigenvalue weighted by atomic mass is 19.1. The molecule has 0 amide bonds. The van der Waals surface area contributed by atoms with Crippen molar-refractivity contribution in [2.45, 2.75) is 40.2 Å². The zero-order chi connectivity index (χ0) is 25.3. The summed E-state index contributed by atoms with van der Waals surface area (Å²) in [6.45, 7) is 5.85. The lowest BCUT2D eigenvalue weighted by Gasteiger charge is -2.41. The second kappa shape index (κ2) is 9.52. The van der Waals surface area contributed by atoms with Gasteiger partial charge >= 0.3 is 5.97 Å². The van der Waals surface area contributed by atoms with E-state index >= 15 is 0 Å². The molecule has 8 nitrogen and oxygen atoms in total. The number of nitrogens with zero attached hydrogens (tertiary/aromatic N) is 5. The maximum atomic E-state index is 14.7. The van der Waals surface area contributed by atoms with Gasteiger partial charge in [-0.15, -0.1) is 0 Å². The van der Waals surface area contributed by atoms with Gasteiger partial charge in [-0.3, -0.25) is 14.3 Å². The second-order valence-electron chi connectivity index (χ2n) is 9.19. The summed E-state index contributed by atoms with van der Waals surface area (Å²) in [7, 11) is 0. The lowest BCUT2D eigenvalue weighted by molar-refractivity contribution is -0.153. The fraction of sp³-hybridized carbons (Fsp3) is 0.400. The number of aliphatic carboxylic acids is 1. The number of carbonyl (C=O) groups excluding carboxylic acids is 1. The Hall–Kier alpha value is -3.69. The van der Waals surface area contributed by atoms with Gasteiger partial charge in [0, 0.05) is 25.6 Å². The van der Waals surface area contributed by atoms with E-state index in [0.717, 1.165) is 6.20 Å². The first kappa shape index (κ1) is 24.4. The number of carbonyl (C=O) groups is 2. The van der Waals surface area contributed by atoms with Gasteiger partial charge < -0.3 is 10.0 Å². The molecule has 4 rings (SSSR count). The standard InChI is InChI=1S/C25H27F2N5O3/c1-15(2)25(24(34)35)8-10-31(11-9-25)23-19(27)13-28-22(29-23)20-12-21(16(3)33)32(30-20)14-17-6-4-5-7-18(17)26/h4-7,12-13,15H,8-11,14H2,1-3H3,(H,34,35). The van der Waals surface area contributed by atoms with E-state index in [1.54, 1.807) is 23.1 Å². The molecule has 10 heteroatoms. The van der Waals surface area contributed by atoms with Crippen molar-refractivity contribution < 1.29 is 23.5 Å². The van der Waals surface area contributed by atoms with Crippen LogP contribution >= 0.6 is 0 Å². The number of ketones is 1. The number of rotatable bonds is 7. The fourth-order valence-electron chi connectivity index (χ4n) is 4.58. The number of carboxylic acid groups (broad SMARTS) is 1. The highest BCUT2D eigenvalue weighted by Crippen LogP contribution is 2.40. The number of benzene rings is 1. The molecular weight excluding hydrogens is 456 g/mol. The highest BCUT2D eigenvalue weighted by Gasteiger charge is 2.44. The second-order valence-corrected chi connectivity index (χ2v) is 9.19. The largest absolute Gasteiger partial charge is 0.481 e. The minimum atomic E-state index is -0.856. The molecule has 0 spiro atoms. The van der Waals surface area contributed by atoms with E-state index in [1.807, 2.05) is 13.8 Å². The van der Waals surface area contributed by atoms with Crippen LogP contribution in [-0.4, -0.2) is 49.7 Å². The number of Topliss-reactive ketones (excluding diaryl/α,β-unsaturated/α-hetero) is 1. The molecule has 3 aromatic rings. The fourth-order valence-corrected chi connectivity index (χ4v) is 4.58. The summed E-state index contributed by atoms with van der Waals surface area (Å²) < 4.78 is 30.3. The van der Waals surface area contributed by atoms with Gasteiger partial charge in [-0.25, -0.2) is 18.7 Å². The third-order valence-corrected chi connectivity index (χ3v) is 6.86. The minimum Gasteiger partial charge on any atom is -0.481 e. The molecular formula is C25H27F2N5O3. The van der Waals surface area contributed by atoms with Crippen molar-refractivity contribution in [1.29, 1.82) is 0 Å². The zero-order valence-corrected chi connectivity index (χ0v) is 19.8. The first-order valence-corrected chi connectivity index (χ1v) is 11.5. The number of aromatic nitrogens is 4. The Labute approximate surface area is 201 Å². The number of anilines is 1. The molecule has 0 aliphatic carbocycles. The minimum absolute atomic E-state index is 0.0359. The van der Waals surface area contributed by atoms with Crippen LogP contribution in [0.4, 0.5) is 14.6 Å². The van der Waals surface area contributed by atoms with Crippen molar-refractivity contribution in [3.8, 4) is 11.5 Å². The molecule has 0 unspecified atom stereocenters. The van der Waals surface area contributed by atoms with Gasteiger partial charge in [-0.2, -0.15) is 5.10 Å². The summed E-state index contributed by atoms with van der Waals surface area (Å²) in [6, 6.07) is 7.72. The molecule has 2 aromatic heterocycles. The van der Waals surface area contributed by atoms with Crippen LogP contribution in [0.25, 0.3) is 11.5 Å².